The summed E-state index contributed by atoms with van der Waals surface area (Å²) in [6.07, 6.45) is 28.5. The Hall–Kier alpha value is -1.20. The lowest BCUT2D eigenvalue weighted by molar-refractivity contribution is 0.0509. The minimum Gasteiger partial charge on any atom is -0.393 e. The van der Waals surface area contributed by atoms with Crippen LogP contribution in [0.25, 0.3) is 0 Å². The SMILES string of the molecule is CC(/C=C/CC(C)CC/C=C/C(C)CCCC(C)/C=C/[C@@]12O[C@]1(C)C[C@@H](O)CC2(C)C)/C=C/[C@@]12O[C@]1(C)C[C@@H](O)CC2(C)C. The number of aliphatic hydroxyl groups is 2. The Morgan fingerprint density at radius 1 is 0.636 bits per heavy atom. The maximum Gasteiger partial charge on any atom is 0.121 e. The fourth-order valence-electron chi connectivity index (χ4n) is 9.11. The van der Waals surface area contributed by atoms with Gasteiger partial charge in [-0.1, -0.05) is 110 Å². The van der Waals surface area contributed by atoms with E-state index in [1.165, 1.54) is 25.7 Å². The Labute approximate surface area is 270 Å². The van der Waals surface area contributed by atoms with E-state index >= 15 is 0 Å². The van der Waals surface area contributed by atoms with Crippen molar-refractivity contribution in [3.05, 3.63) is 48.6 Å². The highest BCUT2D eigenvalue weighted by Gasteiger charge is 2.75. The van der Waals surface area contributed by atoms with Crippen LogP contribution >= 0.6 is 0 Å². The molecular weight excluding hydrogens is 544 g/mol. The largest absolute Gasteiger partial charge is 0.393 e. The first-order valence-corrected chi connectivity index (χ1v) is 17.9. The molecule has 250 valence electrons. The maximum atomic E-state index is 10.3. The zero-order valence-electron chi connectivity index (χ0n) is 29.9. The molecule has 4 fully saturated rings. The summed E-state index contributed by atoms with van der Waals surface area (Å²) in [5.41, 5.74) is -0.971. The van der Waals surface area contributed by atoms with Gasteiger partial charge in [0.15, 0.2) is 0 Å². The van der Waals surface area contributed by atoms with E-state index in [0.29, 0.717) is 23.7 Å². The highest BCUT2D eigenvalue weighted by molar-refractivity contribution is 5.33. The molecule has 2 saturated carbocycles. The average molecular weight is 611 g/mol. The fourth-order valence-corrected chi connectivity index (χ4v) is 9.11. The number of rotatable bonds is 15. The normalized spacial score (nSPS) is 40.3. The molecule has 0 aromatic carbocycles. The number of epoxide rings is 2. The quantitative estimate of drug-likeness (QED) is 0.143. The number of aliphatic hydroxyl groups excluding tert-OH is 2. The maximum absolute atomic E-state index is 10.3. The number of allylic oxidation sites excluding steroid dienone is 6. The summed E-state index contributed by atoms with van der Waals surface area (Å²) in [7, 11) is 0. The third-order valence-electron chi connectivity index (χ3n) is 11.9. The van der Waals surface area contributed by atoms with Crippen molar-refractivity contribution in [3.8, 4) is 0 Å². The van der Waals surface area contributed by atoms with Gasteiger partial charge in [0.1, 0.15) is 22.4 Å². The van der Waals surface area contributed by atoms with Crippen LogP contribution in [0, 0.1) is 34.5 Å². The lowest BCUT2D eigenvalue weighted by Crippen LogP contribution is -2.46. The first-order chi connectivity index (χ1) is 20.4. The fraction of sp³-hybridized carbons (Fsp3) is 0.800. The van der Waals surface area contributed by atoms with Crippen molar-refractivity contribution in [2.45, 2.75) is 168 Å². The standard InChI is InChI=1S/C40H66O4/c1-29(17-13-19-31(3)21-23-39-35(5,6)25-33(41)27-37(39,9)43-39)15-11-12-16-30(2)18-14-20-32(4)22-24-40-36(7,8)26-34(42)28-38(40,10)44-40/h11,14-15,20-24,29-34,41-42H,12-13,16-19,25-28H2,1-10H3/b15-11+,20-14+,23-21+,24-22+/t29?,30?,31?,32?,33-,34-,37+,38+,39-,40-/m0/s1. The van der Waals surface area contributed by atoms with Crippen molar-refractivity contribution in [1.82, 2.24) is 0 Å². The van der Waals surface area contributed by atoms with Gasteiger partial charge in [-0.25, -0.2) is 0 Å². The van der Waals surface area contributed by atoms with Gasteiger partial charge in [0, 0.05) is 23.7 Å². The molecule has 2 N–H and O–H groups in total. The summed E-state index contributed by atoms with van der Waals surface area (Å²) in [5, 5.41) is 20.6. The molecule has 0 aromatic rings. The van der Waals surface area contributed by atoms with Crippen LogP contribution in [0.4, 0.5) is 0 Å². The van der Waals surface area contributed by atoms with Gasteiger partial charge in [0.2, 0.25) is 0 Å². The summed E-state index contributed by atoms with van der Waals surface area (Å²) in [6, 6.07) is 0. The van der Waals surface area contributed by atoms with Crippen LogP contribution in [0.2, 0.25) is 0 Å². The van der Waals surface area contributed by atoms with Gasteiger partial charge in [-0.2, -0.15) is 0 Å². The van der Waals surface area contributed by atoms with Crippen molar-refractivity contribution in [1.29, 1.82) is 0 Å². The topological polar surface area (TPSA) is 65.5 Å². The minimum absolute atomic E-state index is 0.0362. The summed E-state index contributed by atoms with van der Waals surface area (Å²) >= 11 is 0. The van der Waals surface area contributed by atoms with Gasteiger partial charge < -0.3 is 19.7 Å². The lowest BCUT2D eigenvalue weighted by atomic mass is 9.63. The van der Waals surface area contributed by atoms with Crippen molar-refractivity contribution < 1.29 is 19.7 Å². The molecule has 0 spiro atoms. The molecule has 2 aliphatic heterocycles. The smallest absolute Gasteiger partial charge is 0.121 e. The van der Waals surface area contributed by atoms with E-state index in [0.717, 1.165) is 38.5 Å². The lowest BCUT2D eigenvalue weighted by Gasteiger charge is -2.39. The molecule has 2 heterocycles. The number of ether oxygens (including phenoxy) is 2. The molecule has 0 aromatic heterocycles. The Balaban J connectivity index is 1.09. The van der Waals surface area contributed by atoms with Crippen LogP contribution in [0.5, 0.6) is 0 Å². The Morgan fingerprint density at radius 3 is 1.66 bits per heavy atom. The van der Waals surface area contributed by atoms with E-state index in [9.17, 15) is 10.2 Å². The predicted molar refractivity (Wildman–Crippen MR) is 183 cm³/mol. The molecule has 4 nitrogen and oxygen atoms in total. The first-order valence-electron chi connectivity index (χ1n) is 17.9. The van der Waals surface area contributed by atoms with Gasteiger partial charge in [-0.3, -0.25) is 0 Å². The highest BCUT2D eigenvalue weighted by Crippen LogP contribution is 2.67. The third-order valence-corrected chi connectivity index (χ3v) is 11.9. The average Bonchev–Trinajstić information content (AvgIpc) is 3.73. The Morgan fingerprint density at radius 2 is 1.14 bits per heavy atom. The van der Waals surface area contributed by atoms with Crippen molar-refractivity contribution in [2.24, 2.45) is 34.5 Å². The van der Waals surface area contributed by atoms with E-state index in [-0.39, 0.29) is 45.4 Å². The van der Waals surface area contributed by atoms with Crippen LogP contribution in [-0.2, 0) is 9.47 Å². The van der Waals surface area contributed by atoms with Gasteiger partial charge in [0.25, 0.3) is 0 Å². The molecular formula is C40H66O4. The van der Waals surface area contributed by atoms with Crippen LogP contribution in [-0.4, -0.2) is 44.8 Å². The number of hydrogen-bond acceptors (Lipinski definition) is 4. The number of hydrogen-bond donors (Lipinski definition) is 2. The summed E-state index contributed by atoms with van der Waals surface area (Å²) < 4.78 is 12.6. The minimum atomic E-state index is -0.264. The zero-order chi connectivity index (χ0) is 32.6. The molecule has 0 amide bonds. The third kappa shape index (κ3) is 7.35. The Kier molecular flexibility index (Phi) is 10.6. The van der Waals surface area contributed by atoms with Crippen LogP contribution in [0.1, 0.15) is 133 Å². The zero-order valence-corrected chi connectivity index (χ0v) is 29.9. The summed E-state index contributed by atoms with van der Waals surface area (Å²) in [6.45, 7) is 22.5. The summed E-state index contributed by atoms with van der Waals surface area (Å²) in [4.78, 5) is 0. The predicted octanol–water partition coefficient (Wildman–Crippen LogP) is 9.51. The second-order valence-electron chi connectivity index (χ2n) is 17.3. The molecule has 4 aliphatic rings. The molecule has 4 heteroatoms. The molecule has 10 atom stereocenters. The van der Waals surface area contributed by atoms with E-state index in [4.69, 9.17) is 9.47 Å². The van der Waals surface area contributed by atoms with Crippen LogP contribution in [0.15, 0.2) is 48.6 Å². The Bertz CT molecular complexity index is 1100. The molecule has 4 rings (SSSR count). The highest BCUT2D eigenvalue weighted by atomic mass is 16.6. The van der Waals surface area contributed by atoms with Crippen LogP contribution in [0.3, 0.4) is 0 Å². The van der Waals surface area contributed by atoms with Crippen molar-refractivity contribution in [3.63, 3.8) is 0 Å². The second kappa shape index (κ2) is 13.1. The van der Waals surface area contributed by atoms with E-state index in [1.54, 1.807) is 0 Å². The van der Waals surface area contributed by atoms with Gasteiger partial charge in [-0.05, 0) is 82.5 Å². The van der Waals surface area contributed by atoms with Crippen molar-refractivity contribution >= 4 is 0 Å². The molecule has 4 unspecified atom stereocenters. The molecule has 0 radical (unpaired) electrons. The van der Waals surface area contributed by atoms with E-state index in [2.05, 4.69) is 118 Å². The number of fused-ring (bicyclic) bond motifs is 2. The van der Waals surface area contributed by atoms with E-state index < -0.39 is 0 Å². The van der Waals surface area contributed by atoms with Crippen molar-refractivity contribution in [2.75, 3.05) is 0 Å². The van der Waals surface area contributed by atoms with Gasteiger partial charge in [0.05, 0.1) is 12.2 Å². The van der Waals surface area contributed by atoms with E-state index in [1.807, 2.05) is 0 Å². The first kappa shape index (κ1) is 35.7. The molecule has 2 saturated heterocycles. The molecule has 44 heavy (non-hydrogen) atoms. The molecule has 2 aliphatic carbocycles. The monoisotopic (exact) mass is 610 g/mol. The summed E-state index contributed by atoms with van der Waals surface area (Å²) in [5.74, 6) is 2.22. The van der Waals surface area contributed by atoms with Gasteiger partial charge in [-0.15, -0.1) is 0 Å². The molecule has 0 bridgehead atoms. The van der Waals surface area contributed by atoms with Crippen LogP contribution < -0.4 is 0 Å². The van der Waals surface area contributed by atoms with Gasteiger partial charge >= 0.3 is 0 Å². The second-order valence-corrected chi connectivity index (χ2v) is 17.3.